The summed E-state index contributed by atoms with van der Waals surface area (Å²) in [5.41, 5.74) is 19.4. The van der Waals surface area contributed by atoms with Crippen molar-refractivity contribution >= 4 is 57.4 Å². The number of hydrogen-bond donors (Lipinski definition) is 0. The van der Waals surface area contributed by atoms with Gasteiger partial charge in [-0.25, -0.2) is 0 Å². The van der Waals surface area contributed by atoms with Gasteiger partial charge in [0.05, 0.1) is 17.0 Å². The number of rotatable bonds is 4. The number of furan rings is 1. The summed E-state index contributed by atoms with van der Waals surface area (Å²) in [6, 6.07) is 51.8. The highest BCUT2D eigenvalue weighted by Crippen LogP contribution is 2.55. The molecule has 0 unspecified atom stereocenters. The van der Waals surface area contributed by atoms with E-state index in [2.05, 4.69) is 205 Å². The number of anilines is 6. The lowest BCUT2D eigenvalue weighted by molar-refractivity contribution is 0.282. The highest BCUT2D eigenvalue weighted by Gasteiger charge is 2.52. The lowest BCUT2D eigenvalue weighted by Crippen LogP contribution is -2.61. The monoisotopic (exact) mass is 742 g/mol. The zero-order valence-electron chi connectivity index (χ0n) is 34.6. The summed E-state index contributed by atoms with van der Waals surface area (Å²) in [5, 5.41) is 0. The van der Waals surface area contributed by atoms with Crippen LogP contribution in [-0.2, 0) is 16.2 Å². The number of benzene rings is 6. The molecule has 4 heteroatoms. The Bertz CT molecular complexity index is 2680. The fourth-order valence-corrected chi connectivity index (χ4v) is 9.89. The normalized spacial score (nSPS) is 16.1. The molecule has 0 bridgehead atoms. The van der Waals surface area contributed by atoms with Crippen molar-refractivity contribution in [2.45, 2.75) is 84.5 Å². The van der Waals surface area contributed by atoms with Crippen LogP contribution in [0.5, 0.6) is 0 Å². The van der Waals surface area contributed by atoms with Crippen LogP contribution >= 0.6 is 0 Å². The van der Waals surface area contributed by atoms with Gasteiger partial charge in [-0.15, -0.1) is 0 Å². The Morgan fingerprint density at radius 1 is 0.579 bits per heavy atom. The Morgan fingerprint density at radius 3 is 1.88 bits per heavy atom. The molecule has 2 aliphatic heterocycles. The van der Waals surface area contributed by atoms with E-state index in [1.165, 1.54) is 78.3 Å². The number of para-hydroxylation sites is 1. The predicted molar refractivity (Wildman–Crippen MR) is 242 cm³/mol. The maximum absolute atomic E-state index is 7.53. The van der Waals surface area contributed by atoms with E-state index in [1.807, 2.05) is 0 Å². The van der Waals surface area contributed by atoms with Crippen LogP contribution in [-0.4, -0.2) is 6.71 Å². The van der Waals surface area contributed by atoms with Crippen LogP contribution in [0.1, 0.15) is 83.8 Å². The Labute approximate surface area is 339 Å². The quantitative estimate of drug-likeness (QED) is 0.167. The molecule has 0 fully saturated rings. The van der Waals surface area contributed by atoms with Gasteiger partial charge in [0.25, 0.3) is 6.71 Å². The Balaban J connectivity index is 1.32. The van der Waals surface area contributed by atoms with Crippen molar-refractivity contribution in [3.05, 3.63) is 162 Å². The van der Waals surface area contributed by atoms with Crippen LogP contribution in [0.3, 0.4) is 0 Å². The van der Waals surface area contributed by atoms with Crippen LogP contribution in [0.15, 0.2) is 144 Å². The first-order chi connectivity index (χ1) is 27.3. The fraction of sp³-hybridized carbons (Fsp3) is 0.245. The van der Waals surface area contributed by atoms with Gasteiger partial charge in [0, 0.05) is 39.3 Å². The summed E-state index contributed by atoms with van der Waals surface area (Å²) in [6.45, 7) is 18.7. The number of aryl methyl sites for hydroxylation is 1. The second kappa shape index (κ2) is 12.6. The van der Waals surface area contributed by atoms with Gasteiger partial charge in [0.15, 0.2) is 0 Å². The second-order valence-corrected chi connectivity index (χ2v) is 18.9. The minimum Gasteiger partial charge on any atom is -0.472 e. The van der Waals surface area contributed by atoms with Crippen molar-refractivity contribution in [2.24, 2.45) is 0 Å². The molecule has 0 saturated carbocycles. The molecular weight excluding hydrogens is 691 g/mol. The molecule has 6 aromatic carbocycles. The molecule has 3 heterocycles. The van der Waals surface area contributed by atoms with Crippen LogP contribution in [0, 0.1) is 6.92 Å². The number of nitrogens with zero attached hydrogens (tertiary/aromatic N) is 2. The first-order valence-corrected chi connectivity index (χ1v) is 20.7. The van der Waals surface area contributed by atoms with Crippen LogP contribution in [0.25, 0.3) is 22.3 Å². The third-order valence-corrected chi connectivity index (χ3v) is 13.0. The SMILES string of the molecule is Cc1cc2c3c(c1)N(c1ccc(C(C)(C)C)cc1)c1c(oc4c1C(C)(C)CCC4(C)C)B3c1ccc(-c3ccccc3)cc1N2c1ccccc1-c1ccccc1. The summed E-state index contributed by atoms with van der Waals surface area (Å²) < 4.78 is 7.53. The van der Waals surface area contributed by atoms with Gasteiger partial charge in [-0.2, -0.15) is 0 Å². The van der Waals surface area contributed by atoms with E-state index >= 15 is 0 Å². The van der Waals surface area contributed by atoms with Crippen molar-refractivity contribution in [2.75, 3.05) is 9.80 Å². The molecule has 3 nitrogen and oxygen atoms in total. The molecule has 7 aromatic rings. The average molecular weight is 743 g/mol. The van der Waals surface area contributed by atoms with Crippen LogP contribution in [0.4, 0.5) is 34.1 Å². The third kappa shape index (κ3) is 5.55. The molecule has 0 amide bonds. The molecule has 10 rings (SSSR count). The zero-order chi connectivity index (χ0) is 39.4. The molecule has 3 aliphatic rings. The van der Waals surface area contributed by atoms with Crippen LogP contribution < -0.4 is 26.4 Å². The summed E-state index contributed by atoms with van der Waals surface area (Å²) in [7, 11) is 0. The lowest BCUT2D eigenvalue weighted by atomic mass is 9.35. The van der Waals surface area contributed by atoms with E-state index in [-0.39, 0.29) is 23.0 Å². The van der Waals surface area contributed by atoms with Crippen molar-refractivity contribution < 1.29 is 4.42 Å². The molecular formula is C53H51BN2O. The van der Waals surface area contributed by atoms with Crippen molar-refractivity contribution in [1.29, 1.82) is 0 Å². The maximum Gasteiger partial charge on any atom is 0.297 e. The minimum absolute atomic E-state index is 0.0506. The van der Waals surface area contributed by atoms with Gasteiger partial charge >= 0.3 is 0 Å². The summed E-state index contributed by atoms with van der Waals surface area (Å²) >= 11 is 0. The van der Waals surface area contributed by atoms with E-state index in [4.69, 9.17) is 4.42 Å². The fourth-order valence-electron chi connectivity index (χ4n) is 9.89. The van der Waals surface area contributed by atoms with Gasteiger partial charge < -0.3 is 14.2 Å². The second-order valence-electron chi connectivity index (χ2n) is 18.9. The number of hydrogen-bond acceptors (Lipinski definition) is 3. The van der Waals surface area contributed by atoms with Crippen molar-refractivity contribution in [3.8, 4) is 22.3 Å². The van der Waals surface area contributed by atoms with Crippen molar-refractivity contribution in [3.63, 3.8) is 0 Å². The zero-order valence-corrected chi connectivity index (χ0v) is 34.6. The smallest absolute Gasteiger partial charge is 0.297 e. The number of fused-ring (bicyclic) bond motifs is 6. The van der Waals surface area contributed by atoms with E-state index in [0.717, 1.165) is 29.9 Å². The molecule has 0 N–H and O–H groups in total. The van der Waals surface area contributed by atoms with E-state index in [9.17, 15) is 0 Å². The molecule has 1 aliphatic carbocycles. The van der Waals surface area contributed by atoms with E-state index < -0.39 is 0 Å². The van der Waals surface area contributed by atoms with Crippen LogP contribution in [0.2, 0.25) is 0 Å². The summed E-state index contributed by atoms with van der Waals surface area (Å²) in [6.07, 6.45) is 2.19. The van der Waals surface area contributed by atoms with E-state index in [1.54, 1.807) is 0 Å². The predicted octanol–water partition coefficient (Wildman–Crippen LogP) is 12.7. The van der Waals surface area contributed by atoms with E-state index in [0.29, 0.717) is 0 Å². The first kappa shape index (κ1) is 35.7. The largest absolute Gasteiger partial charge is 0.472 e. The summed E-state index contributed by atoms with van der Waals surface area (Å²) in [4.78, 5) is 5.12. The molecule has 0 radical (unpaired) electrons. The molecule has 282 valence electrons. The van der Waals surface area contributed by atoms with Gasteiger partial charge in [0.1, 0.15) is 5.76 Å². The Morgan fingerprint density at radius 2 is 1.19 bits per heavy atom. The highest BCUT2D eigenvalue weighted by atomic mass is 16.3. The molecule has 0 spiro atoms. The molecule has 0 saturated heterocycles. The molecule has 1 aromatic heterocycles. The van der Waals surface area contributed by atoms with Gasteiger partial charge in [-0.3, -0.25) is 0 Å². The van der Waals surface area contributed by atoms with Gasteiger partial charge in [-0.05, 0) is 106 Å². The maximum atomic E-state index is 7.53. The van der Waals surface area contributed by atoms with Gasteiger partial charge in [0.2, 0.25) is 0 Å². The first-order valence-electron chi connectivity index (χ1n) is 20.7. The highest BCUT2D eigenvalue weighted by molar-refractivity contribution is 6.99. The minimum atomic E-state index is -0.0930. The lowest BCUT2D eigenvalue weighted by Gasteiger charge is -2.44. The Hall–Kier alpha value is -5.74. The third-order valence-electron chi connectivity index (χ3n) is 13.0. The summed E-state index contributed by atoms with van der Waals surface area (Å²) in [5.74, 6) is 1.14. The van der Waals surface area contributed by atoms with Gasteiger partial charge in [-0.1, -0.05) is 152 Å². The molecule has 57 heavy (non-hydrogen) atoms. The molecule has 0 atom stereocenters. The average Bonchev–Trinajstić information content (AvgIpc) is 3.63. The van der Waals surface area contributed by atoms with Crippen molar-refractivity contribution in [1.82, 2.24) is 0 Å². The Kier molecular flexibility index (Phi) is 7.90. The standard InChI is InChI=1S/C53H51BN2O/c1-34-31-44-47-45(32-34)56(42-22-16-15-21-40(42)36-19-13-10-14-20-36)43-33-37(35-17-11-9-12-18-35)23-28-41(43)54(47)50-48(46-49(57-50)53(7,8)30-29-52(46,5)6)55(44)39-26-24-38(25-27-39)51(2,3)4/h9-28,31-33H,29-30H2,1-8H3. The topological polar surface area (TPSA) is 19.6 Å².